The fourth-order valence-corrected chi connectivity index (χ4v) is 5.20. The van der Waals surface area contributed by atoms with Gasteiger partial charge < -0.3 is 15.4 Å². The van der Waals surface area contributed by atoms with Crippen molar-refractivity contribution in [2.45, 2.75) is 52.2 Å². The molecule has 0 fully saturated rings. The maximum absolute atomic E-state index is 15.9. The van der Waals surface area contributed by atoms with Gasteiger partial charge in [0.25, 0.3) is 0 Å². The second kappa shape index (κ2) is 8.04. The smallest absolute Gasteiger partial charge is 0.134 e. The largest absolute Gasteiger partial charge is 0.390 e. The van der Waals surface area contributed by atoms with Crippen molar-refractivity contribution in [3.63, 3.8) is 0 Å². The van der Waals surface area contributed by atoms with Gasteiger partial charge in [0.1, 0.15) is 5.82 Å². The summed E-state index contributed by atoms with van der Waals surface area (Å²) in [5.74, 6) is 6.02. The maximum atomic E-state index is 15.9. The molecule has 0 unspecified atom stereocenters. The first-order chi connectivity index (χ1) is 16.2. The summed E-state index contributed by atoms with van der Waals surface area (Å²) in [4.78, 5) is 3.32. The molecule has 4 aromatic rings. The third-order valence-corrected chi connectivity index (χ3v) is 6.99. The van der Waals surface area contributed by atoms with E-state index in [1.54, 1.807) is 6.07 Å². The van der Waals surface area contributed by atoms with E-state index in [4.69, 9.17) is 0 Å². The van der Waals surface area contributed by atoms with Crippen LogP contribution < -0.4 is 5.32 Å². The molecule has 0 saturated heterocycles. The number of halogens is 1. The number of aryl methyl sites for hydroxylation is 2. The number of aromatic amines is 1. The van der Waals surface area contributed by atoms with Crippen molar-refractivity contribution in [3.05, 3.63) is 88.4 Å². The molecule has 1 aliphatic rings. The molecule has 0 aliphatic carbocycles. The van der Waals surface area contributed by atoms with Crippen LogP contribution in [0.5, 0.6) is 0 Å². The molecule has 0 spiro atoms. The summed E-state index contributed by atoms with van der Waals surface area (Å²) < 4.78 is 15.9. The molecular weight excluding hydrogens is 423 g/mol. The van der Waals surface area contributed by atoms with Crippen LogP contribution in [0.2, 0.25) is 0 Å². The van der Waals surface area contributed by atoms with Crippen molar-refractivity contribution in [3.8, 4) is 23.0 Å². The van der Waals surface area contributed by atoms with Gasteiger partial charge in [0.2, 0.25) is 0 Å². The van der Waals surface area contributed by atoms with Crippen LogP contribution >= 0.6 is 0 Å². The van der Waals surface area contributed by atoms with Gasteiger partial charge in [0, 0.05) is 45.4 Å². The molecule has 4 heteroatoms. The van der Waals surface area contributed by atoms with Gasteiger partial charge in [-0.3, -0.25) is 0 Å². The Morgan fingerprint density at radius 2 is 1.79 bits per heavy atom. The fraction of sp³-hybridized carbons (Fsp3) is 0.267. The summed E-state index contributed by atoms with van der Waals surface area (Å²) in [6, 6.07) is 15.5. The Kier molecular flexibility index (Phi) is 5.26. The van der Waals surface area contributed by atoms with Crippen molar-refractivity contribution < 1.29 is 9.50 Å². The Morgan fingerprint density at radius 3 is 2.56 bits per heavy atom. The van der Waals surface area contributed by atoms with Gasteiger partial charge in [0.15, 0.2) is 0 Å². The molecule has 34 heavy (non-hydrogen) atoms. The highest BCUT2D eigenvalue weighted by molar-refractivity contribution is 5.98. The van der Waals surface area contributed by atoms with Crippen LogP contribution in [0.1, 0.15) is 54.5 Å². The molecule has 0 saturated carbocycles. The van der Waals surface area contributed by atoms with Gasteiger partial charge in [-0.25, -0.2) is 4.39 Å². The van der Waals surface area contributed by atoms with Crippen molar-refractivity contribution in [1.82, 2.24) is 4.98 Å². The first-order valence-corrected chi connectivity index (χ1v) is 11.7. The molecule has 0 bridgehead atoms. The third kappa shape index (κ3) is 3.57. The fourth-order valence-electron chi connectivity index (χ4n) is 5.20. The predicted molar refractivity (Wildman–Crippen MR) is 138 cm³/mol. The molecular formula is C30H29FN2O. The number of hydrogen-bond acceptors (Lipinski definition) is 2. The number of aromatic nitrogens is 1. The summed E-state index contributed by atoms with van der Waals surface area (Å²) >= 11 is 0. The third-order valence-electron chi connectivity index (χ3n) is 6.99. The standard InChI is InChI=1S/C30H29FN2O/c1-17-8-6-9-20(14-17)12-13-22-26-19(3)29(34)30(4,5)33-25(26)15-24(31)27(22)23-11-7-10-21-18(2)16-32-28(21)23/h6-11,14-16,19,29,32-34H,1-5H3/t19-,29+/m1/s1. The lowest BCUT2D eigenvalue weighted by molar-refractivity contribution is 0.0868. The van der Waals surface area contributed by atoms with E-state index in [9.17, 15) is 5.11 Å². The SMILES string of the molecule is Cc1cccc(C#Cc2c(-c3cccc4c(C)c[nH]c34)c(F)cc3c2[C@@H](C)[C@H](O)C(C)(C)N3)c1. The van der Waals surface area contributed by atoms with E-state index in [1.807, 2.05) is 83.3 Å². The number of rotatable bonds is 1. The minimum Gasteiger partial charge on any atom is -0.390 e. The van der Waals surface area contributed by atoms with Gasteiger partial charge in [-0.2, -0.15) is 0 Å². The Labute approximate surface area is 200 Å². The highest BCUT2D eigenvalue weighted by Crippen LogP contribution is 2.45. The van der Waals surface area contributed by atoms with Gasteiger partial charge in [-0.15, -0.1) is 0 Å². The van der Waals surface area contributed by atoms with E-state index in [1.165, 1.54) is 0 Å². The number of fused-ring (bicyclic) bond motifs is 2. The van der Waals surface area contributed by atoms with Gasteiger partial charge in [0.05, 0.1) is 17.2 Å². The molecule has 172 valence electrons. The van der Waals surface area contributed by atoms with Crippen molar-refractivity contribution in [2.75, 3.05) is 5.32 Å². The number of nitrogens with one attached hydrogen (secondary N) is 2. The van der Waals surface area contributed by atoms with Crippen molar-refractivity contribution >= 4 is 16.6 Å². The Bertz CT molecular complexity index is 1490. The zero-order valence-electron chi connectivity index (χ0n) is 20.2. The number of aliphatic hydroxyl groups excluding tert-OH is 1. The molecule has 1 aliphatic heterocycles. The highest BCUT2D eigenvalue weighted by Gasteiger charge is 2.40. The second-order valence-electron chi connectivity index (χ2n) is 9.97. The quantitative estimate of drug-likeness (QED) is 0.283. The lowest BCUT2D eigenvalue weighted by atomic mass is 9.75. The molecule has 3 nitrogen and oxygen atoms in total. The van der Waals surface area contributed by atoms with Crippen LogP contribution in [0.3, 0.4) is 0 Å². The molecule has 1 aromatic heterocycles. The highest BCUT2D eigenvalue weighted by atomic mass is 19.1. The van der Waals surface area contributed by atoms with E-state index in [2.05, 4.69) is 22.1 Å². The zero-order valence-corrected chi connectivity index (χ0v) is 20.2. The summed E-state index contributed by atoms with van der Waals surface area (Å²) in [5.41, 5.74) is 6.78. The molecule has 0 amide bonds. The van der Waals surface area contributed by atoms with Crippen molar-refractivity contribution in [2.24, 2.45) is 0 Å². The minimum atomic E-state index is -0.652. The van der Waals surface area contributed by atoms with Crippen molar-refractivity contribution in [1.29, 1.82) is 0 Å². The summed E-state index contributed by atoms with van der Waals surface area (Å²) in [6.07, 6.45) is 1.29. The molecule has 0 radical (unpaired) electrons. The topological polar surface area (TPSA) is 48.0 Å². The second-order valence-corrected chi connectivity index (χ2v) is 9.97. The first kappa shape index (κ1) is 22.3. The number of anilines is 1. The lowest BCUT2D eigenvalue weighted by Crippen LogP contribution is -2.50. The van der Waals surface area contributed by atoms with Crippen LogP contribution in [0.25, 0.3) is 22.0 Å². The lowest BCUT2D eigenvalue weighted by Gasteiger charge is -2.43. The van der Waals surface area contributed by atoms with Crippen LogP contribution in [0, 0.1) is 31.5 Å². The Balaban J connectivity index is 1.84. The molecule has 3 N–H and O–H groups in total. The average Bonchev–Trinajstić information content (AvgIpc) is 3.17. The normalized spacial score (nSPS) is 18.7. The van der Waals surface area contributed by atoms with Crippen LogP contribution in [0.4, 0.5) is 10.1 Å². The number of benzene rings is 3. The number of para-hydroxylation sites is 1. The van der Waals surface area contributed by atoms with Gasteiger partial charge in [-0.1, -0.05) is 49.1 Å². The average molecular weight is 453 g/mol. The van der Waals surface area contributed by atoms with Gasteiger partial charge >= 0.3 is 0 Å². The zero-order chi connectivity index (χ0) is 24.2. The molecule has 2 atom stereocenters. The summed E-state index contributed by atoms with van der Waals surface area (Å²) in [6.45, 7) is 9.92. The molecule has 2 heterocycles. The minimum absolute atomic E-state index is 0.225. The number of H-pyrrole nitrogens is 1. The van der Waals surface area contributed by atoms with E-state index in [-0.39, 0.29) is 11.7 Å². The monoisotopic (exact) mass is 452 g/mol. The van der Waals surface area contributed by atoms with E-state index in [0.717, 1.165) is 38.7 Å². The first-order valence-electron chi connectivity index (χ1n) is 11.7. The van der Waals surface area contributed by atoms with E-state index >= 15 is 4.39 Å². The van der Waals surface area contributed by atoms with Crippen LogP contribution in [0.15, 0.2) is 54.7 Å². The van der Waals surface area contributed by atoms with Crippen LogP contribution in [-0.4, -0.2) is 21.7 Å². The predicted octanol–water partition coefficient (Wildman–Crippen LogP) is 6.66. The van der Waals surface area contributed by atoms with Gasteiger partial charge in [-0.05, 0) is 62.6 Å². The summed E-state index contributed by atoms with van der Waals surface area (Å²) in [5, 5.41) is 15.5. The van der Waals surface area contributed by atoms with Crippen LogP contribution in [-0.2, 0) is 0 Å². The van der Waals surface area contributed by atoms with E-state index < -0.39 is 11.6 Å². The summed E-state index contributed by atoms with van der Waals surface area (Å²) in [7, 11) is 0. The number of hydrogen-bond donors (Lipinski definition) is 3. The Hall–Kier alpha value is -3.55. The molecule has 3 aromatic carbocycles. The Morgan fingerprint density at radius 1 is 1.03 bits per heavy atom. The maximum Gasteiger partial charge on any atom is 0.134 e. The number of aliphatic hydroxyl groups is 1. The molecule has 5 rings (SSSR count). The van der Waals surface area contributed by atoms with E-state index in [0.29, 0.717) is 16.8 Å².